The lowest BCUT2D eigenvalue weighted by Gasteiger charge is -2.26. The van der Waals surface area contributed by atoms with E-state index in [0.29, 0.717) is 6.04 Å². The SMILES string of the molecule is C=C/C=C\C.CCC.c1ccc(-c2ccc(N(c3ccccc3)c3ccc(-c4ccc(-c5ccc(-c6ccc7c(c6)c6ccccc6n7C6CCCCC6)cc5)cc4)cc3)cc2)cc1. The molecule has 1 aliphatic rings. The van der Waals surface area contributed by atoms with Crippen molar-refractivity contribution in [2.24, 2.45) is 0 Å². The zero-order chi connectivity index (χ0) is 44.1. The van der Waals surface area contributed by atoms with Gasteiger partial charge >= 0.3 is 0 Å². The second-order valence-corrected chi connectivity index (χ2v) is 16.7. The topological polar surface area (TPSA) is 8.17 Å². The average Bonchev–Trinajstić information content (AvgIpc) is 3.70. The van der Waals surface area contributed by atoms with Gasteiger partial charge in [-0.25, -0.2) is 0 Å². The maximum Gasteiger partial charge on any atom is 0.0494 e. The van der Waals surface area contributed by atoms with Crippen LogP contribution in [0.2, 0.25) is 0 Å². The molecule has 318 valence electrons. The molecule has 0 atom stereocenters. The largest absolute Gasteiger partial charge is 0.337 e. The minimum atomic E-state index is 0.598. The third-order valence-electron chi connectivity index (χ3n) is 12.1. The van der Waals surface area contributed by atoms with Crippen molar-refractivity contribution in [2.45, 2.75) is 65.3 Å². The molecule has 1 fully saturated rings. The molecule has 0 bridgehead atoms. The molecule has 64 heavy (non-hydrogen) atoms. The lowest BCUT2D eigenvalue weighted by atomic mass is 9.95. The fraction of sp³-hybridized carbons (Fsp3) is 0.161. The maximum atomic E-state index is 3.46. The fourth-order valence-corrected chi connectivity index (χ4v) is 9.02. The van der Waals surface area contributed by atoms with E-state index in [0.717, 1.165) is 17.1 Å². The van der Waals surface area contributed by atoms with Gasteiger partial charge in [-0.15, -0.1) is 0 Å². The summed E-state index contributed by atoms with van der Waals surface area (Å²) in [5, 5.41) is 2.73. The molecule has 1 heterocycles. The molecule has 8 aromatic carbocycles. The predicted molar refractivity (Wildman–Crippen MR) is 279 cm³/mol. The Morgan fingerprint density at radius 1 is 0.453 bits per heavy atom. The van der Waals surface area contributed by atoms with Gasteiger partial charge in [-0.1, -0.05) is 210 Å². The van der Waals surface area contributed by atoms with Crippen LogP contribution in [0.5, 0.6) is 0 Å². The average molecular weight is 833 g/mol. The van der Waals surface area contributed by atoms with Gasteiger partial charge < -0.3 is 9.47 Å². The molecular formula is C62H60N2. The van der Waals surface area contributed by atoms with Crippen molar-refractivity contribution in [2.75, 3.05) is 4.90 Å². The van der Waals surface area contributed by atoms with Crippen molar-refractivity contribution < 1.29 is 0 Å². The Kier molecular flexibility index (Phi) is 14.5. The molecule has 9 aromatic rings. The Morgan fingerprint density at radius 2 is 0.844 bits per heavy atom. The quantitative estimate of drug-likeness (QED) is 0.132. The zero-order valence-electron chi connectivity index (χ0n) is 37.7. The van der Waals surface area contributed by atoms with Crippen LogP contribution in [-0.2, 0) is 0 Å². The van der Waals surface area contributed by atoms with Crippen LogP contribution >= 0.6 is 0 Å². The first kappa shape index (κ1) is 43.5. The monoisotopic (exact) mass is 832 g/mol. The number of para-hydroxylation sites is 2. The van der Waals surface area contributed by atoms with Crippen molar-refractivity contribution in [3.8, 4) is 44.5 Å². The highest BCUT2D eigenvalue weighted by molar-refractivity contribution is 6.09. The van der Waals surface area contributed by atoms with Gasteiger partial charge in [0.15, 0.2) is 0 Å². The summed E-state index contributed by atoms with van der Waals surface area (Å²) in [6, 6.07) is 73.6. The summed E-state index contributed by atoms with van der Waals surface area (Å²) < 4.78 is 2.64. The summed E-state index contributed by atoms with van der Waals surface area (Å²) in [5.74, 6) is 0. The number of fused-ring (bicyclic) bond motifs is 3. The molecule has 1 aliphatic carbocycles. The van der Waals surface area contributed by atoms with E-state index in [4.69, 9.17) is 0 Å². The summed E-state index contributed by atoms with van der Waals surface area (Å²) in [7, 11) is 0. The first-order valence-electron chi connectivity index (χ1n) is 23.2. The van der Waals surface area contributed by atoms with Crippen LogP contribution in [0.4, 0.5) is 17.1 Å². The van der Waals surface area contributed by atoms with Crippen LogP contribution < -0.4 is 4.90 Å². The van der Waals surface area contributed by atoms with E-state index >= 15 is 0 Å². The molecule has 1 saturated carbocycles. The van der Waals surface area contributed by atoms with Crippen molar-refractivity contribution in [1.29, 1.82) is 0 Å². The van der Waals surface area contributed by atoms with Gasteiger partial charge in [-0.2, -0.15) is 0 Å². The van der Waals surface area contributed by atoms with E-state index in [2.05, 4.69) is 230 Å². The van der Waals surface area contributed by atoms with E-state index in [-0.39, 0.29) is 0 Å². The molecule has 10 rings (SSSR count). The third-order valence-corrected chi connectivity index (χ3v) is 12.1. The molecule has 0 radical (unpaired) electrons. The minimum Gasteiger partial charge on any atom is -0.337 e. The second kappa shape index (κ2) is 21.3. The molecule has 2 heteroatoms. The van der Waals surface area contributed by atoms with Gasteiger partial charge in [0.05, 0.1) is 0 Å². The highest BCUT2D eigenvalue weighted by Crippen LogP contribution is 2.40. The Balaban J connectivity index is 0.000000649. The van der Waals surface area contributed by atoms with Crippen LogP contribution in [0.15, 0.2) is 225 Å². The lowest BCUT2D eigenvalue weighted by molar-refractivity contribution is 0.367. The van der Waals surface area contributed by atoms with Crippen molar-refractivity contribution in [3.05, 3.63) is 225 Å². The Hall–Kier alpha value is -7.16. The Labute approximate surface area is 381 Å². The number of aromatic nitrogens is 1. The van der Waals surface area contributed by atoms with Crippen LogP contribution in [0.1, 0.15) is 65.3 Å². The van der Waals surface area contributed by atoms with Gasteiger partial charge in [-0.05, 0) is 119 Å². The normalized spacial score (nSPS) is 12.6. The highest BCUT2D eigenvalue weighted by atomic mass is 15.1. The molecule has 2 nitrogen and oxygen atoms in total. The molecule has 0 N–H and O–H groups in total. The van der Waals surface area contributed by atoms with Crippen LogP contribution in [0.25, 0.3) is 66.3 Å². The highest BCUT2D eigenvalue weighted by Gasteiger charge is 2.21. The van der Waals surface area contributed by atoms with E-state index in [9.17, 15) is 0 Å². The Morgan fingerprint density at radius 3 is 1.33 bits per heavy atom. The van der Waals surface area contributed by atoms with Gasteiger partial charge in [0.25, 0.3) is 0 Å². The van der Waals surface area contributed by atoms with E-state index in [1.165, 1.54) is 105 Å². The van der Waals surface area contributed by atoms with Gasteiger partial charge in [-0.3, -0.25) is 0 Å². The molecule has 0 unspecified atom stereocenters. The maximum absolute atomic E-state index is 3.46. The number of hydrogen-bond acceptors (Lipinski definition) is 1. The number of hydrogen-bond donors (Lipinski definition) is 0. The molecular weight excluding hydrogens is 773 g/mol. The molecule has 0 saturated heterocycles. The van der Waals surface area contributed by atoms with E-state index in [1.807, 2.05) is 19.1 Å². The van der Waals surface area contributed by atoms with Crippen LogP contribution in [0, 0.1) is 0 Å². The van der Waals surface area contributed by atoms with Crippen LogP contribution in [0.3, 0.4) is 0 Å². The third kappa shape index (κ3) is 9.88. The van der Waals surface area contributed by atoms with Gasteiger partial charge in [0.1, 0.15) is 0 Å². The number of benzene rings is 8. The van der Waals surface area contributed by atoms with E-state index in [1.54, 1.807) is 6.08 Å². The Bertz CT molecular complexity index is 2880. The number of nitrogens with zero attached hydrogens (tertiary/aromatic N) is 2. The van der Waals surface area contributed by atoms with Gasteiger partial charge in [0.2, 0.25) is 0 Å². The lowest BCUT2D eigenvalue weighted by Crippen LogP contribution is -2.12. The smallest absolute Gasteiger partial charge is 0.0494 e. The summed E-state index contributed by atoms with van der Waals surface area (Å²) in [5.41, 5.74) is 15.9. The number of anilines is 3. The van der Waals surface area contributed by atoms with Gasteiger partial charge in [0, 0.05) is 44.9 Å². The van der Waals surface area contributed by atoms with Crippen molar-refractivity contribution in [3.63, 3.8) is 0 Å². The van der Waals surface area contributed by atoms with Crippen molar-refractivity contribution >= 4 is 38.9 Å². The van der Waals surface area contributed by atoms with Crippen molar-refractivity contribution in [1.82, 2.24) is 4.57 Å². The first-order valence-corrected chi connectivity index (χ1v) is 23.2. The minimum absolute atomic E-state index is 0.598. The van der Waals surface area contributed by atoms with Crippen LogP contribution in [-0.4, -0.2) is 4.57 Å². The standard InChI is InChI=1S/C54H44N2.C5H8.C3H8/c1-4-12-39(13-5-1)43-28-33-49(34-29-43)55(47-14-6-2-7-15-47)50-35-30-44(31-36-50)42-22-20-40(21-23-42)41-24-26-45(27-25-41)46-32-37-54-52(38-46)51-18-10-11-19-53(51)56(54)48-16-8-3-9-17-48;1-3-5-4-2;1-3-2/h1-2,4-7,10-15,18-38,48H,3,8-9,16-17H2;3-5H,1H2,2H3;3H2,1-2H3/b;5-4-;. The zero-order valence-corrected chi connectivity index (χ0v) is 37.7. The number of allylic oxidation sites excluding steroid dienone is 3. The summed E-state index contributed by atoms with van der Waals surface area (Å²) in [6.07, 6.45) is 13.4. The molecule has 0 aliphatic heterocycles. The fourth-order valence-electron chi connectivity index (χ4n) is 9.02. The summed E-state index contributed by atoms with van der Waals surface area (Å²) in [4.78, 5) is 2.32. The number of rotatable bonds is 9. The first-order chi connectivity index (χ1) is 31.6. The summed E-state index contributed by atoms with van der Waals surface area (Å²) in [6.45, 7) is 9.67. The molecule has 0 spiro atoms. The molecule has 1 aromatic heterocycles. The molecule has 0 amide bonds. The van der Waals surface area contributed by atoms with E-state index < -0.39 is 0 Å². The second-order valence-electron chi connectivity index (χ2n) is 16.7. The predicted octanol–water partition coefficient (Wildman–Crippen LogP) is 18.6. The summed E-state index contributed by atoms with van der Waals surface area (Å²) >= 11 is 0.